The van der Waals surface area contributed by atoms with E-state index in [0.717, 1.165) is 4.90 Å². The Hall–Kier alpha value is -2.82. The fraction of sp³-hybridized carbons (Fsp3) is 0.400. The average Bonchev–Trinajstić information content (AvgIpc) is 3.02. The molecule has 2 aliphatic rings. The third-order valence-electron chi connectivity index (χ3n) is 3.93. The maximum atomic E-state index is 12.4. The van der Waals surface area contributed by atoms with Gasteiger partial charge in [-0.3, -0.25) is 24.0 Å². The van der Waals surface area contributed by atoms with Crippen LogP contribution in [0, 0.1) is 0 Å². The molecule has 1 fully saturated rings. The number of β-lactam (4-membered cyclic amide) rings is 1. The molecule has 0 bridgehead atoms. The first kappa shape index (κ1) is 18.0. The predicted molar refractivity (Wildman–Crippen MR) is 88.8 cm³/mol. The summed E-state index contributed by atoms with van der Waals surface area (Å²) in [7, 11) is 1.67. The van der Waals surface area contributed by atoms with Gasteiger partial charge < -0.3 is 15.2 Å². The van der Waals surface area contributed by atoms with Gasteiger partial charge in [0.25, 0.3) is 11.8 Å². The quantitative estimate of drug-likeness (QED) is 0.508. The molecule has 0 unspecified atom stereocenters. The van der Waals surface area contributed by atoms with Crippen molar-refractivity contribution in [2.75, 3.05) is 12.4 Å². The molecule has 11 heteroatoms. The van der Waals surface area contributed by atoms with Crippen LogP contribution in [-0.4, -0.2) is 67.3 Å². The summed E-state index contributed by atoms with van der Waals surface area (Å²) in [6, 6.07) is 0.684. The summed E-state index contributed by atoms with van der Waals surface area (Å²) in [6.07, 6.45) is 1.60. The first-order valence-electron chi connectivity index (χ1n) is 7.63. The van der Waals surface area contributed by atoms with E-state index in [1.807, 2.05) is 0 Å². The summed E-state index contributed by atoms with van der Waals surface area (Å²) in [5.41, 5.74) is 0.323. The van der Waals surface area contributed by atoms with Gasteiger partial charge in [-0.25, -0.2) is 4.79 Å². The first-order valence-corrected chi connectivity index (χ1v) is 8.68. The number of thioether (sulfide) groups is 1. The van der Waals surface area contributed by atoms with Gasteiger partial charge >= 0.3 is 11.9 Å². The van der Waals surface area contributed by atoms with Crippen LogP contribution in [0.5, 0.6) is 0 Å². The Morgan fingerprint density at radius 2 is 2.19 bits per heavy atom. The number of carbonyl (C=O) groups is 4. The SMILES string of the molecule is CC(=O)OCC1=C(C(=O)O)N2C(=O)[C@@H](NC(=O)c3ccn(C)n3)[C@@H]2SC1. The monoisotopic (exact) mass is 380 g/mol. The predicted octanol–water partition coefficient (Wildman–Crippen LogP) is -0.665. The van der Waals surface area contributed by atoms with Gasteiger partial charge in [-0.1, -0.05) is 0 Å². The van der Waals surface area contributed by atoms with E-state index in [0.29, 0.717) is 5.57 Å². The Morgan fingerprint density at radius 3 is 2.77 bits per heavy atom. The van der Waals surface area contributed by atoms with Crippen LogP contribution in [0.15, 0.2) is 23.5 Å². The highest BCUT2D eigenvalue weighted by molar-refractivity contribution is 8.00. The Labute approximate surface area is 152 Å². The molecule has 0 spiro atoms. The highest BCUT2D eigenvalue weighted by atomic mass is 32.2. The largest absolute Gasteiger partial charge is 0.477 e. The average molecular weight is 380 g/mol. The summed E-state index contributed by atoms with van der Waals surface area (Å²) in [4.78, 5) is 48.3. The molecule has 0 saturated carbocycles. The normalized spacial score (nSPS) is 21.8. The van der Waals surface area contributed by atoms with Gasteiger partial charge in [-0.05, 0) is 6.07 Å². The van der Waals surface area contributed by atoms with Crippen molar-refractivity contribution in [2.24, 2.45) is 7.05 Å². The van der Waals surface area contributed by atoms with Crippen LogP contribution in [0.25, 0.3) is 0 Å². The third kappa shape index (κ3) is 3.17. The number of fused-ring (bicyclic) bond motifs is 1. The molecule has 0 aliphatic carbocycles. The molecule has 1 saturated heterocycles. The molecule has 2 atom stereocenters. The third-order valence-corrected chi connectivity index (χ3v) is 5.27. The molecule has 2 amide bonds. The van der Waals surface area contributed by atoms with Crippen molar-refractivity contribution >= 4 is 35.5 Å². The van der Waals surface area contributed by atoms with Crippen molar-refractivity contribution in [3.63, 3.8) is 0 Å². The number of nitrogens with one attached hydrogen (secondary N) is 1. The van der Waals surface area contributed by atoms with Crippen molar-refractivity contribution in [3.05, 3.63) is 29.2 Å². The minimum Gasteiger partial charge on any atom is -0.477 e. The van der Waals surface area contributed by atoms with Crippen LogP contribution in [0.3, 0.4) is 0 Å². The molecular formula is C15H16N4O6S. The lowest BCUT2D eigenvalue weighted by Crippen LogP contribution is -2.70. The summed E-state index contributed by atoms with van der Waals surface area (Å²) in [5.74, 6) is -2.57. The second kappa shape index (κ2) is 6.83. The molecule has 0 aromatic carbocycles. The molecule has 26 heavy (non-hydrogen) atoms. The lowest BCUT2D eigenvalue weighted by atomic mass is 10.0. The van der Waals surface area contributed by atoms with E-state index >= 15 is 0 Å². The molecule has 2 N–H and O–H groups in total. The standard InChI is InChI=1S/C15H16N4O6S/c1-7(20)25-5-8-6-26-14-10(13(22)19(14)11(8)15(23)24)16-12(21)9-3-4-18(2)17-9/h3-4,10,14H,5-6H2,1-2H3,(H,16,21)(H,23,24)/t10-,14+/m1/s1. The highest BCUT2D eigenvalue weighted by Crippen LogP contribution is 2.40. The number of aliphatic carboxylic acids is 1. The molecular weight excluding hydrogens is 364 g/mol. The van der Waals surface area contributed by atoms with Gasteiger partial charge in [0, 0.05) is 31.5 Å². The van der Waals surface area contributed by atoms with Gasteiger partial charge in [-0.2, -0.15) is 5.10 Å². The zero-order valence-corrected chi connectivity index (χ0v) is 14.8. The van der Waals surface area contributed by atoms with E-state index < -0.39 is 35.2 Å². The Morgan fingerprint density at radius 1 is 1.46 bits per heavy atom. The van der Waals surface area contributed by atoms with Crippen molar-refractivity contribution < 1.29 is 29.0 Å². The Bertz CT molecular complexity index is 832. The number of hydrogen-bond donors (Lipinski definition) is 2. The molecule has 1 aromatic heterocycles. The number of aryl methyl sites for hydroxylation is 1. The second-order valence-electron chi connectivity index (χ2n) is 5.77. The molecule has 10 nitrogen and oxygen atoms in total. The number of carboxylic acids is 1. The number of ether oxygens (including phenoxy) is 1. The number of rotatable bonds is 5. The number of esters is 1. The topological polar surface area (TPSA) is 131 Å². The van der Waals surface area contributed by atoms with Crippen molar-refractivity contribution in [1.82, 2.24) is 20.0 Å². The van der Waals surface area contributed by atoms with E-state index in [4.69, 9.17) is 4.74 Å². The van der Waals surface area contributed by atoms with Gasteiger partial charge in [0.15, 0.2) is 0 Å². The highest BCUT2D eigenvalue weighted by Gasteiger charge is 2.54. The molecule has 3 heterocycles. The van der Waals surface area contributed by atoms with Gasteiger partial charge in [0.2, 0.25) is 0 Å². The number of amides is 2. The summed E-state index contributed by atoms with van der Waals surface area (Å²) < 4.78 is 6.33. The Balaban J connectivity index is 1.75. The van der Waals surface area contributed by atoms with Crippen molar-refractivity contribution in [3.8, 4) is 0 Å². The van der Waals surface area contributed by atoms with E-state index in [-0.39, 0.29) is 23.8 Å². The lowest BCUT2D eigenvalue weighted by Gasteiger charge is -2.49. The zero-order chi connectivity index (χ0) is 19.0. The fourth-order valence-corrected chi connectivity index (χ4v) is 4.06. The van der Waals surface area contributed by atoms with Gasteiger partial charge in [0.1, 0.15) is 29.4 Å². The van der Waals surface area contributed by atoms with Crippen LogP contribution in [0.4, 0.5) is 0 Å². The minimum atomic E-state index is -1.28. The summed E-state index contributed by atoms with van der Waals surface area (Å²) >= 11 is 1.30. The minimum absolute atomic E-state index is 0.170. The smallest absolute Gasteiger partial charge is 0.352 e. The van der Waals surface area contributed by atoms with Crippen molar-refractivity contribution in [1.29, 1.82) is 0 Å². The molecule has 0 radical (unpaired) electrons. The van der Waals surface area contributed by atoms with Crippen LogP contribution in [0.1, 0.15) is 17.4 Å². The molecule has 3 rings (SSSR count). The lowest BCUT2D eigenvalue weighted by molar-refractivity contribution is -0.149. The number of carboxylic acid groups (broad SMARTS) is 1. The number of hydrogen-bond acceptors (Lipinski definition) is 7. The van der Waals surface area contributed by atoms with Crippen LogP contribution >= 0.6 is 11.8 Å². The van der Waals surface area contributed by atoms with E-state index in [9.17, 15) is 24.3 Å². The maximum Gasteiger partial charge on any atom is 0.352 e. The molecule has 138 valence electrons. The van der Waals surface area contributed by atoms with E-state index in [1.165, 1.54) is 29.4 Å². The summed E-state index contributed by atoms with van der Waals surface area (Å²) in [6.45, 7) is 1.03. The van der Waals surface area contributed by atoms with E-state index in [2.05, 4.69) is 10.4 Å². The fourth-order valence-electron chi connectivity index (χ4n) is 2.73. The maximum absolute atomic E-state index is 12.4. The number of nitrogens with zero attached hydrogens (tertiary/aromatic N) is 3. The van der Waals surface area contributed by atoms with Crippen LogP contribution in [-0.2, 0) is 26.2 Å². The summed E-state index contributed by atoms with van der Waals surface area (Å²) in [5, 5.41) is 15.5. The van der Waals surface area contributed by atoms with Crippen molar-refractivity contribution in [2.45, 2.75) is 18.3 Å². The van der Waals surface area contributed by atoms with Gasteiger partial charge in [-0.15, -0.1) is 11.8 Å². The number of carbonyl (C=O) groups excluding carboxylic acids is 3. The zero-order valence-electron chi connectivity index (χ0n) is 14.0. The van der Waals surface area contributed by atoms with Crippen LogP contribution in [0.2, 0.25) is 0 Å². The molecule has 2 aliphatic heterocycles. The number of aromatic nitrogens is 2. The van der Waals surface area contributed by atoms with E-state index in [1.54, 1.807) is 13.2 Å². The Kier molecular flexibility index (Phi) is 4.72. The second-order valence-corrected chi connectivity index (χ2v) is 6.88. The first-order chi connectivity index (χ1) is 12.3. The van der Waals surface area contributed by atoms with Gasteiger partial charge in [0.05, 0.1) is 0 Å². The van der Waals surface area contributed by atoms with Crippen LogP contribution < -0.4 is 5.32 Å². The molecule has 1 aromatic rings.